The highest BCUT2D eigenvalue weighted by Crippen LogP contribution is 2.30. The Bertz CT molecular complexity index is 640. The third-order valence-corrected chi connectivity index (χ3v) is 3.32. The van der Waals surface area contributed by atoms with Crippen LogP contribution < -0.4 is 0 Å². The molecule has 112 valence electrons. The first-order valence-electron chi connectivity index (χ1n) is 6.06. The van der Waals surface area contributed by atoms with Crippen molar-refractivity contribution in [1.29, 1.82) is 0 Å². The summed E-state index contributed by atoms with van der Waals surface area (Å²) in [6.07, 6.45) is -5.60. The van der Waals surface area contributed by atoms with E-state index in [4.69, 9.17) is 11.6 Å². The van der Waals surface area contributed by atoms with Crippen molar-refractivity contribution < 1.29 is 22.7 Å². The van der Waals surface area contributed by atoms with Crippen molar-refractivity contribution in [2.24, 2.45) is 0 Å². The molecule has 1 unspecified atom stereocenters. The molecule has 2 aromatic carbocycles. The van der Waals surface area contributed by atoms with E-state index < -0.39 is 23.7 Å². The maximum absolute atomic E-state index is 13.3. The molecule has 1 N–H and O–H groups in total. The molecular formula is C15H11ClF4O. The highest BCUT2D eigenvalue weighted by molar-refractivity contribution is 6.30. The van der Waals surface area contributed by atoms with Gasteiger partial charge >= 0.3 is 6.18 Å². The van der Waals surface area contributed by atoms with Gasteiger partial charge in [0.1, 0.15) is 5.82 Å². The molecule has 0 saturated heterocycles. The Labute approximate surface area is 123 Å². The molecule has 0 radical (unpaired) electrons. The Morgan fingerprint density at radius 2 is 1.81 bits per heavy atom. The van der Waals surface area contributed by atoms with Crippen LogP contribution in [0.1, 0.15) is 22.8 Å². The van der Waals surface area contributed by atoms with Gasteiger partial charge in [0.15, 0.2) is 0 Å². The molecule has 0 spiro atoms. The minimum absolute atomic E-state index is 0.0506. The standard InChI is InChI=1S/C15H11ClF4O/c16-12-5-4-10(8-13(12)17)14(21)7-9-2-1-3-11(6-9)15(18,19)20/h1-6,8,14,21H,7H2. The normalized spacial score (nSPS) is 13.2. The summed E-state index contributed by atoms with van der Waals surface area (Å²) in [5.41, 5.74) is -0.212. The number of benzene rings is 2. The fourth-order valence-electron chi connectivity index (χ4n) is 1.94. The van der Waals surface area contributed by atoms with E-state index in [1.54, 1.807) is 0 Å². The van der Waals surface area contributed by atoms with Gasteiger partial charge < -0.3 is 5.11 Å². The topological polar surface area (TPSA) is 20.2 Å². The van der Waals surface area contributed by atoms with Gasteiger partial charge in [0.25, 0.3) is 0 Å². The number of alkyl halides is 3. The van der Waals surface area contributed by atoms with E-state index in [9.17, 15) is 22.7 Å². The third kappa shape index (κ3) is 3.95. The summed E-state index contributed by atoms with van der Waals surface area (Å²) < 4.78 is 51.1. The summed E-state index contributed by atoms with van der Waals surface area (Å²) in [7, 11) is 0. The molecule has 21 heavy (non-hydrogen) atoms. The van der Waals surface area contributed by atoms with E-state index in [2.05, 4.69) is 0 Å². The minimum atomic E-state index is -4.44. The van der Waals surface area contributed by atoms with Crippen molar-refractivity contribution in [3.8, 4) is 0 Å². The molecule has 0 heterocycles. The van der Waals surface area contributed by atoms with Crippen molar-refractivity contribution in [3.05, 3.63) is 70.0 Å². The van der Waals surface area contributed by atoms with Gasteiger partial charge in [0.2, 0.25) is 0 Å². The smallest absolute Gasteiger partial charge is 0.388 e. The Balaban J connectivity index is 2.19. The summed E-state index contributed by atoms with van der Waals surface area (Å²) >= 11 is 5.53. The van der Waals surface area contributed by atoms with Gasteiger partial charge in [0.05, 0.1) is 16.7 Å². The predicted octanol–water partition coefficient (Wildman–Crippen LogP) is 4.77. The van der Waals surface area contributed by atoms with Crippen LogP contribution in [0.15, 0.2) is 42.5 Å². The van der Waals surface area contributed by atoms with E-state index in [1.807, 2.05) is 0 Å². The molecule has 2 aromatic rings. The lowest BCUT2D eigenvalue weighted by Crippen LogP contribution is -2.07. The number of rotatable bonds is 3. The molecule has 0 bridgehead atoms. The van der Waals surface area contributed by atoms with Crippen molar-refractivity contribution >= 4 is 11.6 Å². The van der Waals surface area contributed by atoms with Crippen LogP contribution in [0.2, 0.25) is 5.02 Å². The zero-order valence-corrected chi connectivity index (χ0v) is 11.4. The maximum Gasteiger partial charge on any atom is 0.416 e. The van der Waals surface area contributed by atoms with Gasteiger partial charge in [-0.2, -0.15) is 13.2 Å². The largest absolute Gasteiger partial charge is 0.416 e. The highest BCUT2D eigenvalue weighted by atomic mass is 35.5. The zero-order chi connectivity index (χ0) is 15.6. The van der Waals surface area contributed by atoms with Crippen LogP contribution in [0.4, 0.5) is 17.6 Å². The van der Waals surface area contributed by atoms with Gasteiger partial charge in [-0.3, -0.25) is 0 Å². The summed E-state index contributed by atoms with van der Waals surface area (Å²) in [5.74, 6) is -0.683. The van der Waals surface area contributed by atoms with E-state index in [-0.39, 0.29) is 17.0 Å². The Morgan fingerprint density at radius 1 is 1.10 bits per heavy atom. The zero-order valence-electron chi connectivity index (χ0n) is 10.7. The number of halogens is 5. The average molecular weight is 319 g/mol. The predicted molar refractivity (Wildman–Crippen MR) is 71.5 cm³/mol. The molecular weight excluding hydrogens is 308 g/mol. The minimum Gasteiger partial charge on any atom is -0.388 e. The molecule has 1 atom stereocenters. The summed E-state index contributed by atoms with van der Waals surface area (Å²) in [6.45, 7) is 0. The van der Waals surface area contributed by atoms with Crippen LogP contribution in [-0.4, -0.2) is 5.11 Å². The quantitative estimate of drug-likeness (QED) is 0.808. The van der Waals surface area contributed by atoms with Crippen molar-refractivity contribution in [3.63, 3.8) is 0 Å². The second kappa shape index (κ2) is 6.03. The maximum atomic E-state index is 13.3. The molecule has 0 saturated carbocycles. The molecule has 0 aliphatic carbocycles. The number of hydrogen-bond acceptors (Lipinski definition) is 1. The highest BCUT2D eigenvalue weighted by Gasteiger charge is 2.30. The summed E-state index contributed by atoms with van der Waals surface area (Å²) in [5, 5.41) is 9.91. The van der Waals surface area contributed by atoms with Gasteiger partial charge in [-0.05, 0) is 29.3 Å². The summed E-state index contributed by atoms with van der Waals surface area (Å²) in [6, 6.07) is 8.47. The molecule has 0 amide bonds. The molecule has 2 rings (SSSR count). The first-order chi connectivity index (χ1) is 9.77. The Kier molecular flexibility index (Phi) is 4.54. The molecule has 0 aliphatic rings. The SMILES string of the molecule is OC(Cc1cccc(C(F)(F)F)c1)c1ccc(Cl)c(F)c1. The number of hydrogen-bond donors (Lipinski definition) is 1. The van der Waals surface area contributed by atoms with Gasteiger partial charge in [-0.25, -0.2) is 4.39 Å². The lowest BCUT2D eigenvalue weighted by atomic mass is 10.00. The third-order valence-electron chi connectivity index (χ3n) is 3.01. The van der Waals surface area contributed by atoms with Gasteiger partial charge in [-0.15, -0.1) is 0 Å². The van der Waals surface area contributed by atoms with Crippen LogP contribution in [0.3, 0.4) is 0 Å². The summed E-state index contributed by atoms with van der Waals surface area (Å²) in [4.78, 5) is 0. The molecule has 0 fully saturated rings. The monoisotopic (exact) mass is 318 g/mol. The van der Waals surface area contributed by atoms with E-state index >= 15 is 0 Å². The second-order valence-electron chi connectivity index (χ2n) is 4.59. The molecule has 6 heteroatoms. The molecule has 0 aliphatic heterocycles. The first-order valence-corrected chi connectivity index (χ1v) is 6.44. The second-order valence-corrected chi connectivity index (χ2v) is 5.00. The van der Waals surface area contributed by atoms with Crippen LogP contribution >= 0.6 is 11.6 Å². The van der Waals surface area contributed by atoms with Crippen LogP contribution in [0.5, 0.6) is 0 Å². The Morgan fingerprint density at radius 3 is 2.43 bits per heavy atom. The van der Waals surface area contributed by atoms with Crippen LogP contribution in [-0.2, 0) is 12.6 Å². The lowest BCUT2D eigenvalue weighted by Gasteiger charge is -2.13. The fourth-order valence-corrected chi connectivity index (χ4v) is 2.05. The number of aliphatic hydroxyl groups is 1. The van der Waals surface area contributed by atoms with E-state index in [0.29, 0.717) is 5.56 Å². The molecule has 1 nitrogen and oxygen atoms in total. The lowest BCUT2D eigenvalue weighted by molar-refractivity contribution is -0.137. The van der Waals surface area contributed by atoms with Crippen LogP contribution in [0.25, 0.3) is 0 Å². The number of aliphatic hydroxyl groups excluding tert-OH is 1. The molecule has 0 aromatic heterocycles. The van der Waals surface area contributed by atoms with Crippen molar-refractivity contribution in [2.75, 3.05) is 0 Å². The van der Waals surface area contributed by atoms with Crippen LogP contribution in [0, 0.1) is 5.82 Å². The van der Waals surface area contributed by atoms with Crippen molar-refractivity contribution in [1.82, 2.24) is 0 Å². The Hall–Kier alpha value is -1.59. The first kappa shape index (κ1) is 15.8. The van der Waals surface area contributed by atoms with Gasteiger partial charge in [-0.1, -0.05) is 35.9 Å². The van der Waals surface area contributed by atoms with Gasteiger partial charge in [0, 0.05) is 6.42 Å². The average Bonchev–Trinajstić information content (AvgIpc) is 2.41. The van der Waals surface area contributed by atoms with E-state index in [0.717, 1.165) is 18.2 Å². The van der Waals surface area contributed by atoms with Crippen molar-refractivity contribution in [2.45, 2.75) is 18.7 Å². The fraction of sp³-hybridized carbons (Fsp3) is 0.200. The van der Waals surface area contributed by atoms with E-state index in [1.165, 1.54) is 24.3 Å².